The average molecular weight is 492 g/mol. The number of amides is 2. The number of benzene rings is 2. The van der Waals surface area contributed by atoms with E-state index < -0.39 is 5.97 Å². The van der Waals surface area contributed by atoms with E-state index in [1.807, 2.05) is 64.4 Å². The predicted octanol–water partition coefficient (Wildman–Crippen LogP) is 4.53. The topological polar surface area (TPSA) is 81.2 Å². The molecule has 2 aromatic carbocycles. The van der Waals surface area contributed by atoms with Gasteiger partial charge in [-0.1, -0.05) is 32.0 Å². The minimum atomic E-state index is -0.741. The molecule has 1 aliphatic carbocycles. The van der Waals surface area contributed by atoms with E-state index in [4.69, 9.17) is 0 Å². The maximum atomic E-state index is 13.3. The van der Waals surface area contributed by atoms with Gasteiger partial charge in [-0.2, -0.15) is 0 Å². The molecule has 1 saturated heterocycles. The van der Waals surface area contributed by atoms with Crippen LogP contribution in [-0.4, -0.2) is 60.5 Å². The molecular formula is C29H37N3O4. The number of hydrogen-bond acceptors (Lipinski definition) is 4. The molecule has 0 atom stereocenters. The normalized spacial score (nSPS) is 20.3. The predicted molar refractivity (Wildman–Crippen MR) is 141 cm³/mol. The Labute approximate surface area is 213 Å². The van der Waals surface area contributed by atoms with Gasteiger partial charge >= 0.3 is 5.97 Å². The van der Waals surface area contributed by atoms with Crippen LogP contribution in [0.1, 0.15) is 49.9 Å². The largest absolute Gasteiger partial charge is 0.481 e. The Bertz CT molecular complexity index is 1040. The van der Waals surface area contributed by atoms with Crippen molar-refractivity contribution < 1.29 is 19.5 Å². The van der Waals surface area contributed by atoms with Crippen molar-refractivity contribution in [1.82, 2.24) is 4.90 Å². The van der Waals surface area contributed by atoms with Gasteiger partial charge in [-0.25, -0.2) is 0 Å². The summed E-state index contributed by atoms with van der Waals surface area (Å²) >= 11 is 0. The van der Waals surface area contributed by atoms with Crippen LogP contribution in [0, 0.1) is 17.8 Å². The molecule has 2 amide bonds. The number of nitrogens with zero attached hydrogens (tertiary/aromatic N) is 3. The van der Waals surface area contributed by atoms with Crippen molar-refractivity contribution in [3.63, 3.8) is 0 Å². The highest BCUT2D eigenvalue weighted by molar-refractivity contribution is 6.06. The maximum absolute atomic E-state index is 13.3. The molecule has 0 bridgehead atoms. The van der Waals surface area contributed by atoms with E-state index in [-0.39, 0.29) is 23.7 Å². The lowest BCUT2D eigenvalue weighted by Crippen LogP contribution is -2.50. The molecule has 2 aromatic rings. The fourth-order valence-corrected chi connectivity index (χ4v) is 5.28. The quantitative estimate of drug-likeness (QED) is 0.616. The minimum absolute atomic E-state index is 0.00511. The zero-order chi connectivity index (χ0) is 25.7. The number of carbonyl (C=O) groups is 3. The van der Waals surface area contributed by atoms with Crippen LogP contribution in [0.15, 0.2) is 54.6 Å². The highest BCUT2D eigenvalue weighted by atomic mass is 16.4. The molecule has 2 fully saturated rings. The first-order valence-corrected chi connectivity index (χ1v) is 13.1. The third kappa shape index (κ3) is 6.07. The summed E-state index contributed by atoms with van der Waals surface area (Å²) in [5, 5.41) is 9.19. The van der Waals surface area contributed by atoms with Crippen LogP contribution >= 0.6 is 0 Å². The lowest BCUT2D eigenvalue weighted by atomic mass is 9.81. The van der Waals surface area contributed by atoms with Crippen molar-refractivity contribution in [1.29, 1.82) is 0 Å². The Morgan fingerprint density at radius 1 is 0.861 bits per heavy atom. The number of carboxylic acids is 1. The van der Waals surface area contributed by atoms with Crippen LogP contribution < -0.4 is 9.80 Å². The summed E-state index contributed by atoms with van der Waals surface area (Å²) in [6.45, 7) is 7.68. The summed E-state index contributed by atoms with van der Waals surface area (Å²) in [6.07, 6.45) is 2.52. The van der Waals surface area contributed by atoms with Crippen LogP contribution in [0.25, 0.3) is 0 Å². The molecule has 1 heterocycles. The Kier molecular flexibility index (Phi) is 8.28. The van der Waals surface area contributed by atoms with E-state index >= 15 is 0 Å². The monoisotopic (exact) mass is 491 g/mol. The summed E-state index contributed by atoms with van der Waals surface area (Å²) in [5.74, 6) is -0.573. The van der Waals surface area contributed by atoms with Gasteiger partial charge in [-0.15, -0.1) is 0 Å². The molecule has 1 N–H and O–H groups in total. The van der Waals surface area contributed by atoms with Gasteiger partial charge in [0, 0.05) is 55.6 Å². The minimum Gasteiger partial charge on any atom is -0.481 e. The Hall–Kier alpha value is -3.35. The second-order valence-corrected chi connectivity index (χ2v) is 10.4. The van der Waals surface area contributed by atoms with Crippen molar-refractivity contribution in [2.45, 2.75) is 39.5 Å². The molecule has 1 aliphatic heterocycles. The van der Waals surface area contributed by atoms with Gasteiger partial charge in [-0.3, -0.25) is 14.4 Å². The van der Waals surface area contributed by atoms with Crippen LogP contribution in [0.4, 0.5) is 11.4 Å². The first kappa shape index (κ1) is 25.7. The van der Waals surface area contributed by atoms with Gasteiger partial charge in [-0.05, 0) is 68.0 Å². The van der Waals surface area contributed by atoms with Gasteiger partial charge in [0.15, 0.2) is 0 Å². The summed E-state index contributed by atoms with van der Waals surface area (Å²) in [5.41, 5.74) is 2.61. The number of para-hydroxylation sites is 1. The molecule has 4 rings (SSSR count). The molecule has 36 heavy (non-hydrogen) atoms. The lowest BCUT2D eigenvalue weighted by molar-refractivity contribution is -0.145. The number of piperazine rings is 1. The smallest absolute Gasteiger partial charge is 0.306 e. The zero-order valence-electron chi connectivity index (χ0n) is 21.3. The Morgan fingerprint density at radius 3 is 2.00 bits per heavy atom. The van der Waals surface area contributed by atoms with Crippen molar-refractivity contribution in [2.24, 2.45) is 17.8 Å². The van der Waals surface area contributed by atoms with Crippen molar-refractivity contribution in [3.05, 3.63) is 60.2 Å². The molecule has 1 saturated carbocycles. The van der Waals surface area contributed by atoms with Gasteiger partial charge in [0.2, 0.25) is 5.91 Å². The number of aliphatic carboxylic acids is 1. The molecular weight excluding hydrogens is 454 g/mol. The van der Waals surface area contributed by atoms with Crippen molar-refractivity contribution >= 4 is 29.2 Å². The van der Waals surface area contributed by atoms with Gasteiger partial charge in [0.1, 0.15) is 0 Å². The SMILES string of the molecule is CC(C)CN(C(=O)c1ccc(N2CCN(C(=O)C3CCC(C(=O)O)CC3)CC2)cc1)c1ccccc1. The molecule has 0 spiro atoms. The van der Waals surface area contributed by atoms with Crippen LogP contribution in [0.3, 0.4) is 0 Å². The van der Waals surface area contributed by atoms with Crippen LogP contribution in [0.5, 0.6) is 0 Å². The third-order valence-corrected chi connectivity index (χ3v) is 7.36. The highest BCUT2D eigenvalue weighted by Crippen LogP contribution is 2.31. The summed E-state index contributed by atoms with van der Waals surface area (Å²) in [7, 11) is 0. The average Bonchev–Trinajstić information content (AvgIpc) is 2.91. The van der Waals surface area contributed by atoms with E-state index in [0.29, 0.717) is 56.8 Å². The summed E-state index contributed by atoms with van der Waals surface area (Å²) in [6, 6.07) is 17.6. The highest BCUT2D eigenvalue weighted by Gasteiger charge is 2.33. The third-order valence-electron chi connectivity index (χ3n) is 7.36. The van der Waals surface area contributed by atoms with E-state index in [9.17, 15) is 19.5 Å². The number of carboxylic acid groups (broad SMARTS) is 1. The van der Waals surface area contributed by atoms with E-state index in [0.717, 1.165) is 24.5 Å². The van der Waals surface area contributed by atoms with Gasteiger partial charge in [0.05, 0.1) is 5.92 Å². The van der Waals surface area contributed by atoms with Crippen molar-refractivity contribution in [3.8, 4) is 0 Å². The molecule has 0 aromatic heterocycles. The number of carbonyl (C=O) groups excluding carboxylic acids is 2. The first-order valence-electron chi connectivity index (χ1n) is 13.1. The fourth-order valence-electron chi connectivity index (χ4n) is 5.28. The van der Waals surface area contributed by atoms with E-state index in [2.05, 4.69) is 18.7 Å². The summed E-state index contributed by atoms with van der Waals surface area (Å²) < 4.78 is 0. The molecule has 192 valence electrons. The van der Waals surface area contributed by atoms with E-state index in [1.165, 1.54) is 0 Å². The van der Waals surface area contributed by atoms with Gasteiger partial charge < -0.3 is 19.8 Å². The Morgan fingerprint density at radius 2 is 1.44 bits per heavy atom. The summed E-state index contributed by atoms with van der Waals surface area (Å²) in [4.78, 5) is 43.5. The molecule has 7 nitrogen and oxygen atoms in total. The zero-order valence-corrected chi connectivity index (χ0v) is 21.3. The lowest BCUT2D eigenvalue weighted by Gasteiger charge is -2.38. The second kappa shape index (κ2) is 11.6. The molecule has 0 radical (unpaired) electrons. The fraction of sp³-hybridized carbons (Fsp3) is 0.483. The number of anilines is 2. The number of hydrogen-bond donors (Lipinski definition) is 1. The van der Waals surface area contributed by atoms with E-state index in [1.54, 1.807) is 0 Å². The molecule has 0 unspecified atom stereocenters. The first-order chi connectivity index (χ1) is 17.3. The second-order valence-electron chi connectivity index (χ2n) is 10.4. The van der Waals surface area contributed by atoms with Crippen LogP contribution in [-0.2, 0) is 9.59 Å². The Balaban J connectivity index is 1.33. The van der Waals surface area contributed by atoms with Gasteiger partial charge in [0.25, 0.3) is 5.91 Å². The van der Waals surface area contributed by atoms with Crippen LogP contribution in [0.2, 0.25) is 0 Å². The maximum Gasteiger partial charge on any atom is 0.306 e. The molecule has 2 aliphatic rings. The standard InChI is InChI=1S/C29H37N3O4/c1-21(2)20-32(26-6-4-3-5-7-26)28(34)23-12-14-25(15-13-23)30-16-18-31(19-17-30)27(33)22-8-10-24(11-9-22)29(35)36/h3-7,12-15,21-22,24H,8-11,16-20H2,1-2H3,(H,35,36). The van der Waals surface area contributed by atoms with Crippen molar-refractivity contribution in [2.75, 3.05) is 42.5 Å². The molecule has 7 heteroatoms. The number of rotatable bonds is 7.